The molecular formula is C34H52N4O5. The lowest BCUT2D eigenvalue weighted by molar-refractivity contribution is -0.156. The zero-order valence-corrected chi connectivity index (χ0v) is 27.3. The molecule has 1 aromatic carbocycles. The first kappa shape index (κ1) is 34.3. The molecule has 0 bridgehead atoms. The van der Waals surface area contributed by atoms with Crippen LogP contribution in [-0.4, -0.2) is 89.7 Å². The minimum Gasteiger partial charge on any atom is -0.456 e. The van der Waals surface area contributed by atoms with Gasteiger partial charge >= 0.3 is 5.97 Å². The Kier molecular flexibility index (Phi) is 12.4. The Hall–Kier alpha value is -3.20. The second-order valence-electron chi connectivity index (χ2n) is 12.9. The van der Waals surface area contributed by atoms with Crippen molar-refractivity contribution in [2.24, 2.45) is 11.8 Å². The predicted molar refractivity (Wildman–Crippen MR) is 168 cm³/mol. The van der Waals surface area contributed by atoms with Gasteiger partial charge in [-0.1, -0.05) is 70.5 Å². The van der Waals surface area contributed by atoms with Crippen LogP contribution in [0.4, 0.5) is 0 Å². The number of nitrogens with one attached hydrogen (secondary N) is 1. The van der Waals surface area contributed by atoms with Gasteiger partial charge in [0.05, 0.1) is 12.1 Å². The van der Waals surface area contributed by atoms with Crippen molar-refractivity contribution in [3.05, 3.63) is 47.5 Å². The minimum atomic E-state index is -0.678. The van der Waals surface area contributed by atoms with E-state index in [2.05, 4.69) is 10.2 Å². The van der Waals surface area contributed by atoms with Crippen molar-refractivity contribution < 1.29 is 23.9 Å². The van der Waals surface area contributed by atoms with Gasteiger partial charge in [-0.2, -0.15) is 0 Å². The average Bonchev–Trinajstić information content (AvgIpc) is 3.48. The molecule has 1 aromatic rings. The number of likely N-dealkylation sites (N-methyl/N-ethyl adjacent to an activating group) is 2. The second kappa shape index (κ2) is 15.5. The van der Waals surface area contributed by atoms with E-state index in [1.807, 2.05) is 78.1 Å². The fourth-order valence-electron chi connectivity index (χ4n) is 6.14. The van der Waals surface area contributed by atoms with Crippen molar-refractivity contribution in [3.63, 3.8) is 0 Å². The van der Waals surface area contributed by atoms with Crippen LogP contribution < -0.4 is 5.32 Å². The van der Waals surface area contributed by atoms with E-state index in [1.165, 1.54) is 0 Å². The molecule has 0 spiro atoms. The minimum absolute atomic E-state index is 0.00996. The van der Waals surface area contributed by atoms with Gasteiger partial charge in [-0.25, -0.2) is 4.79 Å². The average molecular weight is 597 g/mol. The van der Waals surface area contributed by atoms with Crippen LogP contribution in [0.5, 0.6) is 0 Å². The van der Waals surface area contributed by atoms with Crippen molar-refractivity contribution in [3.8, 4) is 0 Å². The van der Waals surface area contributed by atoms with Crippen molar-refractivity contribution in [1.82, 2.24) is 20.0 Å². The lowest BCUT2D eigenvalue weighted by atomic mass is 9.96. The first-order valence-electron chi connectivity index (χ1n) is 15.9. The molecule has 238 valence electrons. The van der Waals surface area contributed by atoms with Gasteiger partial charge in [-0.05, 0) is 70.5 Å². The van der Waals surface area contributed by atoms with Crippen molar-refractivity contribution >= 4 is 23.7 Å². The second-order valence-corrected chi connectivity index (χ2v) is 12.9. The zero-order valence-electron chi connectivity index (χ0n) is 27.3. The molecule has 0 saturated carbocycles. The molecule has 43 heavy (non-hydrogen) atoms. The number of piperidine rings is 1. The van der Waals surface area contributed by atoms with E-state index in [0.29, 0.717) is 18.5 Å². The highest BCUT2D eigenvalue weighted by atomic mass is 16.5. The molecule has 2 aliphatic heterocycles. The number of carbonyl (C=O) groups is 4. The Morgan fingerprint density at radius 1 is 0.930 bits per heavy atom. The van der Waals surface area contributed by atoms with E-state index < -0.39 is 24.2 Å². The summed E-state index contributed by atoms with van der Waals surface area (Å²) < 4.78 is 5.76. The van der Waals surface area contributed by atoms with E-state index in [9.17, 15) is 19.2 Å². The number of amides is 3. The third-order valence-corrected chi connectivity index (χ3v) is 8.89. The highest BCUT2D eigenvalue weighted by molar-refractivity contribution is 5.96. The topological polar surface area (TPSA) is 99.3 Å². The van der Waals surface area contributed by atoms with Crippen LogP contribution in [-0.2, 0) is 23.9 Å². The summed E-state index contributed by atoms with van der Waals surface area (Å²) >= 11 is 0. The lowest BCUT2D eigenvalue weighted by Crippen LogP contribution is -2.57. The van der Waals surface area contributed by atoms with Crippen LogP contribution in [0, 0.1) is 11.8 Å². The maximum absolute atomic E-state index is 13.8. The molecule has 3 amide bonds. The fourth-order valence-corrected chi connectivity index (χ4v) is 6.14. The maximum atomic E-state index is 13.8. The van der Waals surface area contributed by atoms with Gasteiger partial charge in [0, 0.05) is 19.2 Å². The summed E-state index contributed by atoms with van der Waals surface area (Å²) in [5.41, 5.74) is 1.38. The molecule has 3 rings (SSSR count). The van der Waals surface area contributed by atoms with Crippen LogP contribution >= 0.6 is 0 Å². The Morgan fingerprint density at radius 2 is 1.58 bits per heavy atom. The number of likely N-dealkylation sites (tertiary alicyclic amines) is 2. The molecule has 5 atom stereocenters. The third kappa shape index (κ3) is 8.68. The molecule has 2 fully saturated rings. The van der Waals surface area contributed by atoms with Crippen LogP contribution in [0.25, 0.3) is 0 Å². The molecule has 2 heterocycles. The van der Waals surface area contributed by atoms with Gasteiger partial charge < -0.3 is 19.9 Å². The first-order chi connectivity index (χ1) is 20.3. The lowest BCUT2D eigenvalue weighted by Gasteiger charge is -2.36. The number of nitrogens with zero attached hydrogens (tertiary/aromatic N) is 3. The van der Waals surface area contributed by atoms with E-state index in [1.54, 1.807) is 23.8 Å². The summed E-state index contributed by atoms with van der Waals surface area (Å²) in [6, 6.07) is 7.61. The standard InChI is InChI=1S/C34H52N4O5/c1-22(2)29(37(8)33(41)30(23(3)4)35-31(39)27-17-12-13-19-36(27)7)21-24(5)32(40)38-20-14-18-28(38)34(42)43-25(6)26-15-10-9-11-16-26/h9-11,15-16,21-23,25,27-30H,12-14,17-20H2,1-8H3,(H,35,39)/t25-,27-,28+,29-,30+/m1/s1. The van der Waals surface area contributed by atoms with Gasteiger partial charge in [-0.15, -0.1) is 0 Å². The number of rotatable bonds is 11. The molecule has 9 nitrogen and oxygen atoms in total. The largest absolute Gasteiger partial charge is 0.456 e. The summed E-state index contributed by atoms with van der Waals surface area (Å²) in [7, 11) is 3.69. The predicted octanol–water partition coefficient (Wildman–Crippen LogP) is 4.34. The molecule has 9 heteroatoms. The van der Waals surface area contributed by atoms with Gasteiger partial charge in [0.1, 0.15) is 18.2 Å². The third-order valence-electron chi connectivity index (χ3n) is 8.89. The molecular weight excluding hydrogens is 544 g/mol. The SMILES string of the molecule is CC(=C[C@H](C(C)C)N(C)C(=O)[C@@H](NC(=O)[C@H]1CCCCN1C)C(C)C)C(=O)N1CCC[C@H]1C(=O)O[C@H](C)c1ccccc1. The monoisotopic (exact) mass is 596 g/mol. The number of benzene rings is 1. The van der Waals surface area contributed by atoms with E-state index in [-0.39, 0.29) is 41.6 Å². The van der Waals surface area contributed by atoms with Crippen LogP contribution in [0.3, 0.4) is 0 Å². The van der Waals surface area contributed by atoms with Gasteiger partial charge in [0.25, 0.3) is 0 Å². The Balaban J connectivity index is 1.72. The van der Waals surface area contributed by atoms with E-state index in [4.69, 9.17) is 4.74 Å². The van der Waals surface area contributed by atoms with Gasteiger partial charge in [0.15, 0.2) is 0 Å². The number of hydrogen-bond acceptors (Lipinski definition) is 6. The van der Waals surface area contributed by atoms with Crippen molar-refractivity contribution in [2.45, 2.75) is 104 Å². The molecule has 2 aliphatic rings. The maximum Gasteiger partial charge on any atom is 0.329 e. The first-order valence-corrected chi connectivity index (χ1v) is 15.9. The van der Waals surface area contributed by atoms with Crippen LogP contribution in [0.1, 0.15) is 85.3 Å². The van der Waals surface area contributed by atoms with Crippen LogP contribution in [0.15, 0.2) is 42.0 Å². The fraction of sp³-hybridized carbons (Fsp3) is 0.647. The molecule has 1 N–H and O–H groups in total. The van der Waals surface area contributed by atoms with E-state index in [0.717, 1.165) is 37.8 Å². The number of esters is 1. The highest BCUT2D eigenvalue weighted by Gasteiger charge is 2.38. The Labute approximate surface area is 258 Å². The molecule has 0 unspecified atom stereocenters. The quantitative estimate of drug-likeness (QED) is 0.302. The van der Waals surface area contributed by atoms with Crippen LogP contribution in [0.2, 0.25) is 0 Å². The normalized spacial score (nSPS) is 21.8. The number of hydrogen-bond donors (Lipinski definition) is 1. The van der Waals surface area contributed by atoms with Gasteiger partial charge in [-0.3, -0.25) is 19.3 Å². The number of carbonyl (C=O) groups excluding carboxylic acids is 4. The molecule has 0 aromatic heterocycles. The van der Waals surface area contributed by atoms with Crippen molar-refractivity contribution in [1.29, 1.82) is 0 Å². The summed E-state index contributed by atoms with van der Waals surface area (Å²) in [5, 5.41) is 3.04. The summed E-state index contributed by atoms with van der Waals surface area (Å²) in [6.45, 7) is 12.8. The van der Waals surface area contributed by atoms with E-state index >= 15 is 0 Å². The smallest absolute Gasteiger partial charge is 0.329 e. The Bertz CT molecular complexity index is 1150. The molecule has 0 radical (unpaired) electrons. The van der Waals surface area contributed by atoms with Gasteiger partial charge in [0.2, 0.25) is 17.7 Å². The molecule has 2 saturated heterocycles. The zero-order chi connectivity index (χ0) is 31.8. The van der Waals surface area contributed by atoms with Crippen molar-refractivity contribution in [2.75, 3.05) is 27.2 Å². The highest BCUT2D eigenvalue weighted by Crippen LogP contribution is 2.26. The summed E-state index contributed by atoms with van der Waals surface area (Å²) in [5.74, 6) is -1.03. The Morgan fingerprint density at radius 3 is 2.19 bits per heavy atom. The summed E-state index contributed by atoms with van der Waals surface area (Å²) in [4.78, 5) is 59.1. The summed E-state index contributed by atoms with van der Waals surface area (Å²) in [6.07, 6.45) is 5.53. The number of ether oxygens (including phenoxy) is 1. The molecule has 0 aliphatic carbocycles.